The molecule has 1 aromatic heterocycles. The highest BCUT2D eigenvalue weighted by Crippen LogP contribution is 2.20. The van der Waals surface area contributed by atoms with Gasteiger partial charge in [0.05, 0.1) is 52.6 Å². The molecule has 0 aromatic carbocycles. The van der Waals surface area contributed by atoms with Crippen molar-refractivity contribution >= 4 is 17.8 Å². The number of nitrogens with zero attached hydrogens (tertiary/aromatic N) is 6. The Morgan fingerprint density at radius 3 is 1.38 bits per heavy atom. The topological polar surface area (TPSA) is 83.5 Å². The molecule has 0 spiro atoms. The quantitative estimate of drug-likeness (QED) is 0.674. The first-order valence-corrected chi connectivity index (χ1v) is 8.88. The van der Waals surface area contributed by atoms with Gasteiger partial charge >= 0.3 is 0 Å². The monoisotopic (exact) mass is 336 g/mol. The van der Waals surface area contributed by atoms with Gasteiger partial charge in [-0.1, -0.05) is 0 Å². The van der Waals surface area contributed by atoms with Crippen LogP contribution in [0.15, 0.2) is 0 Å². The molecule has 3 aliphatic rings. The van der Waals surface area contributed by atoms with E-state index in [1.807, 2.05) is 0 Å². The van der Waals surface area contributed by atoms with Crippen LogP contribution < -0.4 is 20.0 Å². The fourth-order valence-electron chi connectivity index (χ4n) is 3.24. The Hall–Kier alpha value is -1.71. The van der Waals surface area contributed by atoms with E-state index in [4.69, 9.17) is 24.4 Å². The fraction of sp³-hybridized carbons (Fsp3) is 0.800. The molecule has 9 nitrogen and oxygen atoms in total. The Kier molecular flexibility index (Phi) is 4.91. The molecule has 24 heavy (non-hydrogen) atoms. The van der Waals surface area contributed by atoms with Gasteiger partial charge in [0, 0.05) is 26.2 Å². The molecular weight excluding hydrogens is 310 g/mol. The molecule has 3 saturated heterocycles. The van der Waals surface area contributed by atoms with Crippen LogP contribution in [0, 0.1) is 0 Å². The average Bonchev–Trinajstić information content (AvgIpc) is 2.70. The van der Waals surface area contributed by atoms with Gasteiger partial charge in [-0.25, -0.2) is 0 Å². The number of aromatic nitrogens is 3. The summed E-state index contributed by atoms with van der Waals surface area (Å²) >= 11 is 0. The third-order valence-corrected chi connectivity index (χ3v) is 4.68. The van der Waals surface area contributed by atoms with Gasteiger partial charge in [-0.05, 0) is 0 Å². The molecule has 4 heterocycles. The van der Waals surface area contributed by atoms with Crippen molar-refractivity contribution in [3.05, 3.63) is 0 Å². The van der Waals surface area contributed by atoms with Crippen LogP contribution in [0.5, 0.6) is 0 Å². The molecule has 0 atom stereocenters. The normalized spacial score (nSPS) is 22.8. The van der Waals surface area contributed by atoms with Crippen LogP contribution in [0.3, 0.4) is 0 Å². The molecule has 0 radical (unpaired) electrons. The lowest BCUT2D eigenvalue weighted by molar-refractivity contribution is -0.655. The first-order chi connectivity index (χ1) is 11.9. The van der Waals surface area contributed by atoms with Crippen LogP contribution in [-0.4, -0.2) is 93.7 Å². The lowest BCUT2D eigenvalue weighted by Gasteiger charge is -2.32. The van der Waals surface area contributed by atoms with E-state index >= 15 is 0 Å². The number of nitrogens with two attached hydrogens (primary N) is 1. The number of quaternary nitrogens is 1. The van der Waals surface area contributed by atoms with Crippen LogP contribution >= 0.6 is 0 Å². The Labute approximate surface area is 142 Å². The number of ether oxygens (including phenoxy) is 2. The van der Waals surface area contributed by atoms with E-state index in [0.29, 0.717) is 0 Å². The maximum Gasteiger partial charge on any atom is 0.232 e. The largest absolute Gasteiger partial charge is 0.378 e. The van der Waals surface area contributed by atoms with E-state index < -0.39 is 0 Å². The van der Waals surface area contributed by atoms with E-state index in [2.05, 4.69) is 20.0 Å². The summed E-state index contributed by atoms with van der Waals surface area (Å²) in [4.78, 5) is 21.0. The van der Waals surface area contributed by atoms with Gasteiger partial charge in [-0.15, -0.1) is 0 Å². The van der Waals surface area contributed by atoms with Crippen LogP contribution in [0.1, 0.15) is 0 Å². The SMILES string of the molecule is C1CN(c2nc(N3CCOCC3)nc(N3CCOCC3)n2)CC[NH2+]1. The lowest BCUT2D eigenvalue weighted by Crippen LogP contribution is -2.89. The predicted octanol–water partition coefficient (Wildman–Crippen LogP) is -2.07. The molecule has 2 N–H and O–H groups in total. The Balaban J connectivity index is 1.63. The van der Waals surface area contributed by atoms with Gasteiger partial charge in [0.25, 0.3) is 0 Å². The van der Waals surface area contributed by atoms with E-state index in [1.165, 1.54) is 0 Å². The Morgan fingerprint density at radius 2 is 0.958 bits per heavy atom. The zero-order chi connectivity index (χ0) is 16.2. The van der Waals surface area contributed by atoms with Gasteiger partial charge in [-0.2, -0.15) is 15.0 Å². The second-order valence-electron chi connectivity index (χ2n) is 6.29. The predicted molar refractivity (Wildman–Crippen MR) is 89.8 cm³/mol. The second kappa shape index (κ2) is 7.45. The summed E-state index contributed by atoms with van der Waals surface area (Å²) in [5, 5.41) is 2.34. The minimum Gasteiger partial charge on any atom is -0.378 e. The maximum absolute atomic E-state index is 5.46. The molecule has 0 amide bonds. The molecule has 0 bridgehead atoms. The van der Waals surface area contributed by atoms with Gasteiger partial charge in [-0.3, -0.25) is 0 Å². The van der Waals surface area contributed by atoms with E-state index in [0.717, 1.165) is 96.6 Å². The molecule has 1 aromatic rings. The summed E-state index contributed by atoms with van der Waals surface area (Å²) in [6, 6.07) is 0. The summed E-state index contributed by atoms with van der Waals surface area (Å²) in [5.41, 5.74) is 0. The van der Waals surface area contributed by atoms with Crippen molar-refractivity contribution in [1.29, 1.82) is 0 Å². The first-order valence-electron chi connectivity index (χ1n) is 8.88. The van der Waals surface area contributed by atoms with Crippen molar-refractivity contribution in [2.24, 2.45) is 0 Å². The van der Waals surface area contributed by atoms with Crippen LogP contribution in [0.25, 0.3) is 0 Å². The molecule has 3 aliphatic heterocycles. The minimum absolute atomic E-state index is 0.729. The van der Waals surface area contributed by atoms with Gasteiger partial charge in [0.1, 0.15) is 0 Å². The molecule has 3 fully saturated rings. The number of piperazine rings is 1. The van der Waals surface area contributed by atoms with Crippen LogP contribution in [0.4, 0.5) is 17.8 Å². The van der Waals surface area contributed by atoms with Crippen LogP contribution in [-0.2, 0) is 9.47 Å². The van der Waals surface area contributed by atoms with E-state index in [1.54, 1.807) is 0 Å². The molecule has 4 rings (SSSR count). The van der Waals surface area contributed by atoms with Crippen molar-refractivity contribution in [3.63, 3.8) is 0 Å². The number of anilines is 3. The average molecular weight is 336 g/mol. The Morgan fingerprint density at radius 1 is 0.583 bits per heavy atom. The molecule has 0 unspecified atom stereocenters. The third kappa shape index (κ3) is 3.52. The summed E-state index contributed by atoms with van der Waals surface area (Å²) in [6.07, 6.45) is 0. The zero-order valence-electron chi connectivity index (χ0n) is 14.1. The fourth-order valence-corrected chi connectivity index (χ4v) is 3.24. The highest BCUT2D eigenvalue weighted by atomic mass is 16.5. The standard InChI is InChI=1S/C15H25N7O2/c1-3-20(4-2-16-1)13-17-14(21-5-9-23-10-6-21)19-15(18-13)22-7-11-24-12-8-22/h16H,1-12H2/p+1. The summed E-state index contributed by atoms with van der Waals surface area (Å²) in [6.45, 7) is 10.4. The van der Waals surface area contributed by atoms with Crippen molar-refractivity contribution in [2.45, 2.75) is 0 Å². The number of rotatable bonds is 3. The minimum atomic E-state index is 0.729. The Bertz CT molecular complexity index is 452. The first kappa shape index (κ1) is 15.8. The molecule has 0 aliphatic carbocycles. The lowest BCUT2D eigenvalue weighted by atomic mass is 10.4. The molecule has 0 saturated carbocycles. The van der Waals surface area contributed by atoms with Gasteiger partial charge in [0.2, 0.25) is 17.8 Å². The van der Waals surface area contributed by atoms with Gasteiger partial charge < -0.3 is 29.5 Å². The third-order valence-electron chi connectivity index (χ3n) is 4.68. The smallest absolute Gasteiger partial charge is 0.232 e. The summed E-state index contributed by atoms with van der Waals surface area (Å²) < 4.78 is 10.9. The highest BCUT2D eigenvalue weighted by molar-refractivity contribution is 5.47. The van der Waals surface area contributed by atoms with Crippen molar-refractivity contribution in [2.75, 3.05) is 93.5 Å². The summed E-state index contributed by atoms with van der Waals surface area (Å²) in [5.74, 6) is 2.36. The van der Waals surface area contributed by atoms with Crippen molar-refractivity contribution in [1.82, 2.24) is 15.0 Å². The second-order valence-corrected chi connectivity index (χ2v) is 6.29. The maximum atomic E-state index is 5.46. The molecule has 132 valence electrons. The van der Waals surface area contributed by atoms with E-state index in [9.17, 15) is 0 Å². The molecular formula is C15H26N7O2+. The number of morpholine rings is 2. The molecule has 9 heteroatoms. The number of hydrogen-bond donors (Lipinski definition) is 1. The summed E-state index contributed by atoms with van der Waals surface area (Å²) in [7, 11) is 0. The van der Waals surface area contributed by atoms with Gasteiger partial charge in [0.15, 0.2) is 0 Å². The number of hydrogen-bond acceptors (Lipinski definition) is 8. The van der Waals surface area contributed by atoms with Crippen molar-refractivity contribution in [3.8, 4) is 0 Å². The highest BCUT2D eigenvalue weighted by Gasteiger charge is 2.23. The van der Waals surface area contributed by atoms with E-state index in [-0.39, 0.29) is 0 Å². The van der Waals surface area contributed by atoms with Crippen molar-refractivity contribution < 1.29 is 14.8 Å². The van der Waals surface area contributed by atoms with Crippen LogP contribution in [0.2, 0.25) is 0 Å². The zero-order valence-corrected chi connectivity index (χ0v) is 14.1.